The Morgan fingerprint density at radius 2 is 1.44 bits per heavy atom. The average molecular weight is 560 g/mol. The summed E-state index contributed by atoms with van der Waals surface area (Å²) in [5, 5.41) is 0.900. The number of furan rings is 1. The van der Waals surface area contributed by atoms with E-state index in [1.54, 1.807) is 6.20 Å². The van der Waals surface area contributed by atoms with Gasteiger partial charge in [0.15, 0.2) is 11.3 Å². The molecule has 0 aliphatic carbocycles. The highest BCUT2D eigenvalue weighted by atomic mass is 16.5. The first kappa shape index (κ1) is 26.0. The van der Waals surface area contributed by atoms with Crippen molar-refractivity contribution < 1.29 is 13.9 Å². The fourth-order valence-corrected chi connectivity index (χ4v) is 4.78. The van der Waals surface area contributed by atoms with Crippen LogP contribution in [-0.2, 0) is 13.2 Å². The van der Waals surface area contributed by atoms with E-state index in [2.05, 4.69) is 21.8 Å². The summed E-state index contributed by atoms with van der Waals surface area (Å²) < 4.78 is 18.9. The molecule has 0 radical (unpaired) electrons. The molecule has 43 heavy (non-hydrogen) atoms. The number of hydrogen-bond donors (Lipinski definition) is 0. The van der Waals surface area contributed by atoms with Crippen LogP contribution in [-0.4, -0.2) is 15.0 Å². The maximum atomic E-state index is 6.41. The fourth-order valence-electron chi connectivity index (χ4n) is 4.78. The molecule has 0 aliphatic rings. The minimum Gasteiger partial charge on any atom is -0.489 e. The third kappa shape index (κ3) is 5.79. The predicted molar refractivity (Wildman–Crippen MR) is 167 cm³/mol. The Bertz CT molecular complexity index is 2080. The summed E-state index contributed by atoms with van der Waals surface area (Å²) in [6.45, 7) is 0.644. The highest BCUT2D eigenvalue weighted by Gasteiger charge is 2.19. The number of rotatable bonds is 7. The van der Waals surface area contributed by atoms with Crippen LogP contribution in [0, 0.1) is 11.8 Å². The molecule has 0 spiro atoms. The first-order valence-corrected chi connectivity index (χ1v) is 13.9. The molecule has 4 aromatic carbocycles. The van der Waals surface area contributed by atoms with E-state index >= 15 is 0 Å². The molecule has 0 bridgehead atoms. The topological polar surface area (TPSA) is 70.3 Å². The summed E-state index contributed by atoms with van der Waals surface area (Å²) in [7, 11) is 0. The Kier molecular flexibility index (Phi) is 7.19. The molecule has 0 saturated carbocycles. The Morgan fingerprint density at radius 1 is 0.674 bits per heavy atom. The van der Waals surface area contributed by atoms with Crippen LogP contribution in [0.2, 0.25) is 0 Å². The van der Waals surface area contributed by atoms with Gasteiger partial charge in [-0.25, -0.2) is 15.0 Å². The standard InChI is InChI=1S/C37H25N3O3/c1-4-11-26(12-5-1)18-20-33-37(40-32-17-10-22-38-36(32)39-33)42-25-31-30-23-29(41-24-27-13-6-2-7-14-27)19-21-34(30)43-35(31)28-15-8-3-9-16-28/h1-17,19,21-23H,24-25H2. The highest BCUT2D eigenvalue weighted by Crippen LogP contribution is 2.36. The minimum absolute atomic E-state index is 0.180. The first-order chi connectivity index (χ1) is 21.3. The van der Waals surface area contributed by atoms with Crippen molar-refractivity contribution in [2.75, 3.05) is 0 Å². The minimum atomic E-state index is 0.180. The van der Waals surface area contributed by atoms with Gasteiger partial charge < -0.3 is 13.9 Å². The smallest absolute Gasteiger partial charge is 0.250 e. The number of pyridine rings is 1. The van der Waals surface area contributed by atoms with Crippen LogP contribution in [0.3, 0.4) is 0 Å². The number of ether oxygens (including phenoxy) is 2. The van der Waals surface area contributed by atoms with Crippen molar-refractivity contribution in [1.29, 1.82) is 0 Å². The van der Waals surface area contributed by atoms with E-state index in [1.165, 1.54) is 0 Å². The van der Waals surface area contributed by atoms with Crippen molar-refractivity contribution in [3.63, 3.8) is 0 Å². The number of benzene rings is 4. The molecule has 6 nitrogen and oxygen atoms in total. The maximum absolute atomic E-state index is 6.41. The summed E-state index contributed by atoms with van der Waals surface area (Å²) in [6.07, 6.45) is 1.69. The molecule has 0 saturated heterocycles. The van der Waals surface area contributed by atoms with Crippen LogP contribution in [0.5, 0.6) is 11.6 Å². The Hall–Kier alpha value is -5.93. The Balaban J connectivity index is 1.27. The second kappa shape index (κ2) is 11.9. The van der Waals surface area contributed by atoms with E-state index in [-0.39, 0.29) is 6.61 Å². The molecule has 0 aliphatic heterocycles. The van der Waals surface area contributed by atoms with E-state index in [1.807, 2.05) is 121 Å². The van der Waals surface area contributed by atoms with Crippen molar-refractivity contribution in [2.24, 2.45) is 0 Å². The van der Waals surface area contributed by atoms with E-state index in [9.17, 15) is 0 Å². The van der Waals surface area contributed by atoms with Crippen LogP contribution in [0.15, 0.2) is 132 Å². The highest BCUT2D eigenvalue weighted by molar-refractivity contribution is 5.89. The van der Waals surface area contributed by atoms with Crippen LogP contribution in [0.4, 0.5) is 0 Å². The van der Waals surface area contributed by atoms with Crippen molar-refractivity contribution in [3.05, 3.63) is 150 Å². The summed E-state index contributed by atoms with van der Waals surface area (Å²) in [4.78, 5) is 13.8. The lowest BCUT2D eigenvalue weighted by Gasteiger charge is -2.10. The molecule has 7 rings (SSSR count). The van der Waals surface area contributed by atoms with Gasteiger partial charge in [0.05, 0.1) is 0 Å². The molecule has 6 heteroatoms. The molecule has 0 fully saturated rings. The van der Waals surface area contributed by atoms with Gasteiger partial charge in [0.1, 0.15) is 35.8 Å². The van der Waals surface area contributed by atoms with E-state index in [4.69, 9.17) is 18.9 Å². The van der Waals surface area contributed by atoms with Crippen molar-refractivity contribution in [3.8, 4) is 34.8 Å². The number of nitrogens with zero attached hydrogens (tertiary/aromatic N) is 3. The number of hydrogen-bond acceptors (Lipinski definition) is 6. The summed E-state index contributed by atoms with van der Waals surface area (Å²) >= 11 is 0. The molecule has 0 amide bonds. The number of aromatic nitrogens is 3. The third-order valence-electron chi connectivity index (χ3n) is 6.91. The van der Waals surface area contributed by atoms with Gasteiger partial charge in [0.2, 0.25) is 5.88 Å². The fraction of sp³-hybridized carbons (Fsp3) is 0.0541. The van der Waals surface area contributed by atoms with Gasteiger partial charge in [-0.15, -0.1) is 0 Å². The van der Waals surface area contributed by atoms with Gasteiger partial charge in [-0.1, -0.05) is 84.8 Å². The number of fused-ring (bicyclic) bond motifs is 2. The monoisotopic (exact) mass is 559 g/mol. The van der Waals surface area contributed by atoms with E-state index in [0.29, 0.717) is 29.3 Å². The summed E-state index contributed by atoms with van der Waals surface area (Å²) in [5.41, 5.74) is 6.07. The van der Waals surface area contributed by atoms with Crippen molar-refractivity contribution in [1.82, 2.24) is 15.0 Å². The van der Waals surface area contributed by atoms with Crippen LogP contribution in [0.1, 0.15) is 22.4 Å². The van der Waals surface area contributed by atoms with E-state index < -0.39 is 0 Å². The zero-order chi connectivity index (χ0) is 28.8. The molecule has 0 unspecified atom stereocenters. The van der Waals surface area contributed by atoms with Gasteiger partial charge in [0, 0.05) is 28.3 Å². The average Bonchev–Trinajstić information content (AvgIpc) is 3.44. The summed E-state index contributed by atoms with van der Waals surface area (Å²) in [6, 6.07) is 39.4. The van der Waals surface area contributed by atoms with Gasteiger partial charge in [-0.05, 0) is 53.9 Å². The zero-order valence-corrected chi connectivity index (χ0v) is 23.1. The zero-order valence-electron chi connectivity index (χ0n) is 23.1. The third-order valence-corrected chi connectivity index (χ3v) is 6.91. The predicted octanol–water partition coefficient (Wildman–Crippen LogP) is 8.00. The molecule has 206 valence electrons. The van der Waals surface area contributed by atoms with Gasteiger partial charge in [-0.2, -0.15) is 0 Å². The molecule has 0 atom stereocenters. The van der Waals surface area contributed by atoms with Crippen molar-refractivity contribution >= 4 is 22.1 Å². The van der Waals surface area contributed by atoms with Gasteiger partial charge >= 0.3 is 0 Å². The quantitative estimate of drug-likeness (QED) is 0.184. The van der Waals surface area contributed by atoms with Gasteiger partial charge in [0.25, 0.3) is 0 Å². The molecular weight excluding hydrogens is 534 g/mol. The SMILES string of the molecule is C(#Cc1nc2ncccc2nc1OCc1c(-c2ccccc2)oc2ccc(OCc3ccccc3)cc12)c1ccccc1. The molecule has 3 aromatic heterocycles. The normalized spacial score (nSPS) is 10.8. The largest absolute Gasteiger partial charge is 0.489 e. The second-order valence-electron chi connectivity index (χ2n) is 9.84. The molecular formula is C37H25N3O3. The lowest BCUT2D eigenvalue weighted by molar-refractivity contribution is 0.293. The maximum Gasteiger partial charge on any atom is 0.250 e. The van der Waals surface area contributed by atoms with Crippen LogP contribution < -0.4 is 9.47 Å². The second-order valence-corrected chi connectivity index (χ2v) is 9.84. The lowest BCUT2D eigenvalue weighted by atomic mass is 10.1. The van der Waals surface area contributed by atoms with Crippen LogP contribution in [0.25, 0.3) is 33.5 Å². The first-order valence-electron chi connectivity index (χ1n) is 13.9. The lowest BCUT2D eigenvalue weighted by Crippen LogP contribution is -2.03. The Labute approximate surface area is 248 Å². The molecule has 3 heterocycles. The Morgan fingerprint density at radius 3 is 2.26 bits per heavy atom. The molecule has 0 N–H and O–H groups in total. The van der Waals surface area contributed by atoms with Gasteiger partial charge in [-0.3, -0.25) is 0 Å². The summed E-state index contributed by atoms with van der Waals surface area (Å²) in [5.74, 6) is 8.10. The van der Waals surface area contributed by atoms with Crippen LogP contribution >= 0.6 is 0 Å². The van der Waals surface area contributed by atoms with Crippen molar-refractivity contribution in [2.45, 2.75) is 13.2 Å². The van der Waals surface area contributed by atoms with E-state index in [0.717, 1.165) is 44.7 Å². The molecule has 7 aromatic rings.